The van der Waals surface area contributed by atoms with Crippen LogP contribution in [0.15, 0.2) is 12.7 Å². The van der Waals surface area contributed by atoms with Gasteiger partial charge in [0, 0.05) is 12.2 Å². The molecule has 0 saturated carbocycles. The molecule has 9 nitrogen and oxygen atoms in total. The molecule has 0 saturated heterocycles. The Morgan fingerprint density at radius 1 is 1.26 bits per heavy atom. The van der Waals surface area contributed by atoms with E-state index in [-0.39, 0.29) is 12.8 Å². The van der Waals surface area contributed by atoms with Crippen molar-refractivity contribution in [3.63, 3.8) is 0 Å². The molecule has 3 atom stereocenters. The molecule has 10 heteroatoms. The van der Waals surface area contributed by atoms with E-state index in [0.29, 0.717) is 5.75 Å². The minimum absolute atomic E-state index is 0.0944. The summed E-state index contributed by atoms with van der Waals surface area (Å²) < 4.78 is 4.40. The second kappa shape index (κ2) is 10.9. The van der Waals surface area contributed by atoms with Crippen LogP contribution in [-0.2, 0) is 23.9 Å². The molecule has 0 rings (SSSR count). The SMILES string of the molecule is C=CCSC(C(=O)[C@@H](N)CCC(=O)O)[C@H](N)C(=O)OC(=O)CN. The lowest BCUT2D eigenvalue weighted by molar-refractivity contribution is -0.160. The number of esters is 2. The van der Waals surface area contributed by atoms with Gasteiger partial charge in [-0.15, -0.1) is 18.3 Å². The number of carbonyl (C=O) groups excluding carboxylic acids is 3. The molecule has 0 aromatic rings. The van der Waals surface area contributed by atoms with Crippen LogP contribution >= 0.6 is 11.8 Å². The average molecular weight is 347 g/mol. The van der Waals surface area contributed by atoms with Crippen molar-refractivity contribution in [3.05, 3.63) is 12.7 Å². The number of hydrogen-bond acceptors (Lipinski definition) is 9. The fourth-order valence-electron chi connectivity index (χ4n) is 1.51. The van der Waals surface area contributed by atoms with Gasteiger partial charge in [0.25, 0.3) is 0 Å². The summed E-state index contributed by atoms with van der Waals surface area (Å²) in [4.78, 5) is 45.6. The molecule has 0 fully saturated rings. The van der Waals surface area contributed by atoms with Gasteiger partial charge in [-0.3, -0.25) is 14.4 Å². The van der Waals surface area contributed by atoms with E-state index in [0.717, 1.165) is 11.8 Å². The highest BCUT2D eigenvalue weighted by Gasteiger charge is 2.35. The molecule has 7 N–H and O–H groups in total. The van der Waals surface area contributed by atoms with Gasteiger partial charge in [-0.2, -0.15) is 0 Å². The van der Waals surface area contributed by atoms with Gasteiger partial charge >= 0.3 is 17.9 Å². The van der Waals surface area contributed by atoms with Crippen LogP contribution in [0, 0.1) is 0 Å². The summed E-state index contributed by atoms with van der Waals surface area (Å²) in [6.07, 6.45) is 1.11. The number of ketones is 1. The summed E-state index contributed by atoms with van der Waals surface area (Å²) >= 11 is 1.000. The number of nitrogens with two attached hydrogens (primary N) is 3. The van der Waals surface area contributed by atoms with Gasteiger partial charge in [-0.1, -0.05) is 6.08 Å². The predicted molar refractivity (Wildman–Crippen MR) is 84.4 cm³/mol. The van der Waals surface area contributed by atoms with Gasteiger partial charge in [-0.25, -0.2) is 4.79 Å². The number of ether oxygens (including phenoxy) is 1. The number of carboxylic acids is 1. The van der Waals surface area contributed by atoms with Crippen molar-refractivity contribution in [2.75, 3.05) is 12.3 Å². The molecule has 0 heterocycles. The first kappa shape index (κ1) is 21.2. The minimum atomic E-state index is -1.43. The molecule has 0 aliphatic rings. The maximum absolute atomic E-state index is 12.3. The number of carbonyl (C=O) groups is 4. The zero-order chi connectivity index (χ0) is 18.0. The van der Waals surface area contributed by atoms with E-state index in [1.54, 1.807) is 0 Å². The van der Waals surface area contributed by atoms with Crippen LogP contribution in [0.2, 0.25) is 0 Å². The Kier molecular flexibility index (Phi) is 10.1. The summed E-state index contributed by atoms with van der Waals surface area (Å²) in [5.74, 6) is -3.46. The Labute approximate surface area is 137 Å². The van der Waals surface area contributed by atoms with E-state index in [2.05, 4.69) is 11.3 Å². The Morgan fingerprint density at radius 3 is 2.35 bits per heavy atom. The predicted octanol–water partition coefficient (Wildman–Crippen LogP) is -1.61. The smallest absolute Gasteiger partial charge is 0.332 e. The Hall–Kier alpha value is -1.75. The number of aliphatic carboxylic acids is 1. The highest BCUT2D eigenvalue weighted by Crippen LogP contribution is 2.19. The molecule has 0 aliphatic carbocycles. The summed E-state index contributed by atoms with van der Waals surface area (Å²) in [6.45, 7) is 2.99. The molecule has 0 aromatic heterocycles. The lowest BCUT2D eigenvalue weighted by atomic mass is 10.0. The fourth-order valence-corrected chi connectivity index (χ4v) is 2.51. The van der Waals surface area contributed by atoms with Gasteiger partial charge in [0.05, 0.1) is 17.8 Å². The zero-order valence-electron chi connectivity index (χ0n) is 12.5. The van der Waals surface area contributed by atoms with Crippen LogP contribution in [0.25, 0.3) is 0 Å². The van der Waals surface area contributed by atoms with E-state index < -0.39 is 47.6 Å². The molecule has 130 valence electrons. The highest BCUT2D eigenvalue weighted by molar-refractivity contribution is 8.00. The molecule has 0 radical (unpaired) electrons. The third-order valence-corrected chi connectivity index (χ3v) is 4.00. The number of carboxylic acid groups (broad SMARTS) is 1. The van der Waals surface area contributed by atoms with Crippen molar-refractivity contribution in [2.45, 2.75) is 30.2 Å². The standard InChI is InChI=1S/C13H21N3O6S/c1-2-5-23-12(10(16)13(21)22-9(19)6-14)11(20)7(15)3-4-8(17)18/h2,7,10,12H,1,3-6,14-16H2,(H,17,18)/t7-,10-,12?/m0/s1. The molecule has 0 amide bonds. The molecule has 0 aromatic carbocycles. The third-order valence-electron chi connectivity index (χ3n) is 2.69. The Bertz CT molecular complexity index is 471. The summed E-state index contributed by atoms with van der Waals surface area (Å²) in [6, 6.07) is -2.53. The average Bonchev–Trinajstić information content (AvgIpc) is 2.51. The van der Waals surface area contributed by atoms with Crippen LogP contribution in [-0.4, -0.2) is 58.4 Å². The van der Waals surface area contributed by atoms with Crippen molar-refractivity contribution in [1.29, 1.82) is 0 Å². The number of hydrogen-bond donors (Lipinski definition) is 4. The lowest BCUT2D eigenvalue weighted by Crippen LogP contribution is -2.51. The monoisotopic (exact) mass is 347 g/mol. The summed E-state index contributed by atoms with van der Waals surface area (Å²) in [7, 11) is 0. The van der Waals surface area contributed by atoms with Crippen molar-refractivity contribution < 1.29 is 29.0 Å². The molecule has 0 aliphatic heterocycles. The summed E-state index contributed by atoms with van der Waals surface area (Å²) in [5, 5.41) is 7.53. The van der Waals surface area contributed by atoms with E-state index >= 15 is 0 Å². The van der Waals surface area contributed by atoms with Crippen LogP contribution in [0.4, 0.5) is 0 Å². The number of Topliss-reactive ketones (excluding diaryl/α,β-unsaturated/α-hetero) is 1. The van der Waals surface area contributed by atoms with Crippen molar-refractivity contribution >= 4 is 35.5 Å². The van der Waals surface area contributed by atoms with Crippen molar-refractivity contribution in [2.24, 2.45) is 17.2 Å². The Morgan fingerprint density at radius 2 is 1.87 bits per heavy atom. The molecular formula is C13H21N3O6S. The molecule has 23 heavy (non-hydrogen) atoms. The van der Waals surface area contributed by atoms with Gasteiger partial charge < -0.3 is 27.0 Å². The van der Waals surface area contributed by atoms with Crippen molar-refractivity contribution in [3.8, 4) is 0 Å². The highest BCUT2D eigenvalue weighted by atomic mass is 32.2. The topological polar surface area (TPSA) is 176 Å². The minimum Gasteiger partial charge on any atom is -0.481 e. The van der Waals surface area contributed by atoms with Crippen LogP contribution in [0.1, 0.15) is 12.8 Å². The van der Waals surface area contributed by atoms with Gasteiger partial charge in [0.2, 0.25) is 0 Å². The van der Waals surface area contributed by atoms with E-state index in [1.165, 1.54) is 6.08 Å². The van der Waals surface area contributed by atoms with E-state index in [4.69, 9.17) is 22.3 Å². The normalized spacial score (nSPS) is 14.4. The van der Waals surface area contributed by atoms with Crippen LogP contribution in [0.3, 0.4) is 0 Å². The number of rotatable bonds is 11. The van der Waals surface area contributed by atoms with Gasteiger partial charge in [0.1, 0.15) is 6.04 Å². The van der Waals surface area contributed by atoms with E-state index in [9.17, 15) is 19.2 Å². The zero-order valence-corrected chi connectivity index (χ0v) is 13.3. The first-order valence-corrected chi connectivity index (χ1v) is 7.73. The third kappa shape index (κ3) is 7.88. The fraction of sp³-hybridized carbons (Fsp3) is 0.538. The van der Waals surface area contributed by atoms with Gasteiger partial charge in [-0.05, 0) is 6.42 Å². The first-order chi connectivity index (χ1) is 10.7. The van der Waals surface area contributed by atoms with Gasteiger partial charge in [0.15, 0.2) is 5.78 Å². The quantitative estimate of drug-likeness (QED) is 0.193. The first-order valence-electron chi connectivity index (χ1n) is 6.68. The van der Waals surface area contributed by atoms with E-state index in [1.807, 2.05) is 0 Å². The molecule has 0 bridgehead atoms. The van der Waals surface area contributed by atoms with Crippen molar-refractivity contribution in [1.82, 2.24) is 0 Å². The van der Waals surface area contributed by atoms with Crippen LogP contribution < -0.4 is 17.2 Å². The molecular weight excluding hydrogens is 326 g/mol. The Balaban J connectivity index is 4.98. The second-order valence-corrected chi connectivity index (χ2v) is 5.68. The summed E-state index contributed by atoms with van der Waals surface area (Å²) in [5.41, 5.74) is 16.4. The van der Waals surface area contributed by atoms with Crippen LogP contribution in [0.5, 0.6) is 0 Å². The molecule has 0 spiro atoms. The number of thioether (sulfide) groups is 1. The lowest BCUT2D eigenvalue weighted by Gasteiger charge is -2.23. The maximum atomic E-state index is 12.3. The molecule has 1 unspecified atom stereocenters. The second-order valence-electron chi connectivity index (χ2n) is 4.51. The maximum Gasteiger partial charge on any atom is 0.332 e. The largest absolute Gasteiger partial charge is 0.481 e.